The first kappa shape index (κ1) is 17.9. The summed E-state index contributed by atoms with van der Waals surface area (Å²) in [7, 11) is 0. The SMILES string of the molecule is O=C(/C=C/c1ccccc1O)O[C@H](Cc1ccc(O)c(O)c1)C(=O)O. The highest BCUT2D eigenvalue weighted by Gasteiger charge is 2.22. The minimum Gasteiger partial charge on any atom is -0.507 e. The van der Waals surface area contributed by atoms with Crippen LogP contribution >= 0.6 is 0 Å². The van der Waals surface area contributed by atoms with E-state index >= 15 is 0 Å². The van der Waals surface area contributed by atoms with Crippen LogP contribution in [0, 0.1) is 0 Å². The molecule has 7 heteroatoms. The van der Waals surface area contributed by atoms with Crippen molar-refractivity contribution < 1.29 is 34.8 Å². The number of phenolic OH excluding ortho intramolecular Hbond substituents is 3. The highest BCUT2D eigenvalue weighted by molar-refractivity contribution is 5.89. The molecule has 0 aliphatic heterocycles. The number of para-hydroxylation sites is 1. The molecule has 1 atom stereocenters. The van der Waals surface area contributed by atoms with Crippen LogP contribution in [0.4, 0.5) is 0 Å². The fourth-order valence-electron chi connectivity index (χ4n) is 2.06. The number of benzene rings is 2. The summed E-state index contributed by atoms with van der Waals surface area (Å²) in [5.41, 5.74) is 0.759. The van der Waals surface area contributed by atoms with Gasteiger partial charge in [-0.15, -0.1) is 0 Å². The second kappa shape index (κ2) is 7.87. The monoisotopic (exact) mass is 344 g/mol. The summed E-state index contributed by atoms with van der Waals surface area (Å²) < 4.78 is 4.90. The van der Waals surface area contributed by atoms with E-state index in [1.807, 2.05) is 0 Å². The van der Waals surface area contributed by atoms with Crippen LogP contribution in [0.3, 0.4) is 0 Å². The third-order valence-corrected chi connectivity index (χ3v) is 3.33. The minimum atomic E-state index is -1.47. The maximum absolute atomic E-state index is 11.8. The van der Waals surface area contributed by atoms with E-state index in [2.05, 4.69) is 0 Å². The van der Waals surface area contributed by atoms with Gasteiger partial charge in [-0.3, -0.25) is 0 Å². The van der Waals surface area contributed by atoms with E-state index in [0.29, 0.717) is 11.1 Å². The van der Waals surface area contributed by atoms with Crippen molar-refractivity contribution >= 4 is 18.0 Å². The molecule has 4 N–H and O–H groups in total. The smallest absolute Gasteiger partial charge is 0.345 e. The number of carboxylic acid groups (broad SMARTS) is 1. The number of rotatable bonds is 6. The van der Waals surface area contributed by atoms with E-state index in [1.54, 1.807) is 18.2 Å². The van der Waals surface area contributed by atoms with Crippen LogP contribution in [0.2, 0.25) is 0 Å². The van der Waals surface area contributed by atoms with Gasteiger partial charge in [-0.2, -0.15) is 0 Å². The zero-order chi connectivity index (χ0) is 18.4. The molecule has 0 radical (unpaired) electrons. The Morgan fingerprint density at radius 1 is 1.00 bits per heavy atom. The molecule has 0 aliphatic rings. The Morgan fingerprint density at radius 2 is 1.72 bits per heavy atom. The molecule has 0 heterocycles. The molecule has 0 spiro atoms. The van der Waals surface area contributed by atoms with Crippen LogP contribution < -0.4 is 0 Å². The van der Waals surface area contributed by atoms with Gasteiger partial charge in [-0.25, -0.2) is 9.59 Å². The Balaban J connectivity index is 2.05. The molecule has 0 fully saturated rings. The normalized spacial score (nSPS) is 12.0. The molecular weight excluding hydrogens is 328 g/mol. The summed E-state index contributed by atoms with van der Waals surface area (Å²) in [6, 6.07) is 10.1. The van der Waals surface area contributed by atoms with Gasteiger partial charge in [0, 0.05) is 18.1 Å². The topological polar surface area (TPSA) is 124 Å². The number of carboxylic acids is 1. The van der Waals surface area contributed by atoms with E-state index in [9.17, 15) is 30.0 Å². The molecule has 7 nitrogen and oxygen atoms in total. The molecule has 0 unspecified atom stereocenters. The number of carbonyl (C=O) groups is 2. The molecule has 2 aromatic rings. The van der Waals surface area contributed by atoms with Crippen LogP contribution in [0.25, 0.3) is 6.08 Å². The van der Waals surface area contributed by atoms with Gasteiger partial charge < -0.3 is 25.2 Å². The van der Waals surface area contributed by atoms with Crippen molar-refractivity contribution in [2.45, 2.75) is 12.5 Å². The number of carbonyl (C=O) groups excluding carboxylic acids is 1. The highest BCUT2D eigenvalue weighted by atomic mass is 16.6. The Kier molecular flexibility index (Phi) is 5.62. The first-order valence-electron chi connectivity index (χ1n) is 7.27. The summed E-state index contributed by atoms with van der Waals surface area (Å²) in [5.74, 6) is -3.00. The second-order valence-electron chi connectivity index (χ2n) is 5.18. The lowest BCUT2D eigenvalue weighted by Gasteiger charge is -2.13. The average Bonchev–Trinajstić information content (AvgIpc) is 2.56. The molecule has 0 saturated carbocycles. The third kappa shape index (κ3) is 5.00. The first-order chi connectivity index (χ1) is 11.9. The lowest BCUT2D eigenvalue weighted by molar-refractivity contribution is -0.160. The lowest BCUT2D eigenvalue weighted by Crippen LogP contribution is -2.28. The van der Waals surface area contributed by atoms with Crippen LogP contribution in [0.5, 0.6) is 17.2 Å². The summed E-state index contributed by atoms with van der Waals surface area (Å²) in [6.07, 6.45) is 0.673. The zero-order valence-electron chi connectivity index (χ0n) is 13.0. The van der Waals surface area contributed by atoms with Gasteiger partial charge >= 0.3 is 11.9 Å². The lowest BCUT2D eigenvalue weighted by atomic mass is 10.1. The fraction of sp³-hybridized carbons (Fsp3) is 0.111. The van der Waals surface area contributed by atoms with E-state index in [-0.39, 0.29) is 17.9 Å². The van der Waals surface area contributed by atoms with Gasteiger partial charge in [0.1, 0.15) is 5.75 Å². The van der Waals surface area contributed by atoms with Crippen molar-refractivity contribution in [1.29, 1.82) is 0 Å². The van der Waals surface area contributed by atoms with Gasteiger partial charge in [-0.1, -0.05) is 24.3 Å². The minimum absolute atomic E-state index is 0.0269. The molecule has 0 saturated heterocycles. The van der Waals surface area contributed by atoms with Gasteiger partial charge in [0.2, 0.25) is 6.10 Å². The van der Waals surface area contributed by atoms with Crippen molar-refractivity contribution in [2.75, 3.05) is 0 Å². The highest BCUT2D eigenvalue weighted by Crippen LogP contribution is 2.25. The number of hydrogen-bond donors (Lipinski definition) is 4. The molecule has 2 aromatic carbocycles. The fourth-order valence-corrected chi connectivity index (χ4v) is 2.06. The number of hydrogen-bond acceptors (Lipinski definition) is 6. The second-order valence-corrected chi connectivity index (χ2v) is 5.18. The molecule has 2 rings (SSSR count). The maximum atomic E-state index is 11.8. The van der Waals surface area contributed by atoms with Gasteiger partial charge in [0.15, 0.2) is 11.5 Å². The summed E-state index contributed by atoms with van der Waals surface area (Å²) >= 11 is 0. The summed E-state index contributed by atoms with van der Waals surface area (Å²) in [4.78, 5) is 23.1. The Morgan fingerprint density at radius 3 is 2.36 bits per heavy atom. The molecule has 130 valence electrons. The van der Waals surface area contributed by atoms with Crippen LogP contribution in [-0.4, -0.2) is 38.5 Å². The Hall–Kier alpha value is -3.48. The van der Waals surface area contributed by atoms with E-state index in [1.165, 1.54) is 30.3 Å². The maximum Gasteiger partial charge on any atom is 0.345 e. The van der Waals surface area contributed by atoms with E-state index < -0.39 is 23.8 Å². The largest absolute Gasteiger partial charge is 0.507 e. The predicted molar refractivity (Wildman–Crippen MR) is 88.1 cm³/mol. The van der Waals surface area contributed by atoms with Crippen molar-refractivity contribution in [3.05, 3.63) is 59.7 Å². The molecule has 0 bridgehead atoms. The van der Waals surface area contributed by atoms with Crippen molar-refractivity contribution in [2.24, 2.45) is 0 Å². The molecular formula is C18H16O7. The van der Waals surface area contributed by atoms with Gasteiger partial charge in [-0.05, 0) is 29.8 Å². The van der Waals surface area contributed by atoms with Gasteiger partial charge in [0.05, 0.1) is 0 Å². The van der Waals surface area contributed by atoms with Gasteiger partial charge in [0.25, 0.3) is 0 Å². The van der Waals surface area contributed by atoms with E-state index in [4.69, 9.17) is 4.74 Å². The Labute approximate surface area is 143 Å². The summed E-state index contributed by atoms with van der Waals surface area (Å²) in [5, 5.41) is 37.5. The molecule has 0 amide bonds. The third-order valence-electron chi connectivity index (χ3n) is 3.33. The molecule has 0 aliphatic carbocycles. The zero-order valence-corrected chi connectivity index (χ0v) is 13.0. The molecule has 0 aromatic heterocycles. The van der Waals surface area contributed by atoms with Crippen molar-refractivity contribution in [3.63, 3.8) is 0 Å². The Bertz CT molecular complexity index is 811. The van der Waals surface area contributed by atoms with E-state index in [0.717, 1.165) is 6.08 Å². The van der Waals surface area contributed by atoms with Crippen LogP contribution in [-0.2, 0) is 20.7 Å². The van der Waals surface area contributed by atoms with Crippen LogP contribution in [0.1, 0.15) is 11.1 Å². The van der Waals surface area contributed by atoms with Crippen molar-refractivity contribution in [3.8, 4) is 17.2 Å². The number of phenols is 3. The van der Waals surface area contributed by atoms with Crippen molar-refractivity contribution in [1.82, 2.24) is 0 Å². The standard InChI is InChI=1S/C18H16O7/c19-13-4-2-1-3-12(13)6-8-17(22)25-16(18(23)24)10-11-5-7-14(20)15(21)9-11/h1-9,16,19-21H,10H2,(H,23,24)/b8-6+/t16-/m1/s1. The number of aliphatic carboxylic acids is 1. The predicted octanol–water partition coefficient (Wildman–Crippen LogP) is 2.06. The summed E-state index contributed by atoms with van der Waals surface area (Å²) in [6.45, 7) is 0. The number of ether oxygens (including phenoxy) is 1. The van der Waals surface area contributed by atoms with Crippen LogP contribution in [0.15, 0.2) is 48.5 Å². The number of aromatic hydroxyl groups is 3. The first-order valence-corrected chi connectivity index (χ1v) is 7.27. The quantitative estimate of drug-likeness (QED) is 0.359. The number of esters is 1. The molecule has 25 heavy (non-hydrogen) atoms. The average molecular weight is 344 g/mol.